The molecule has 0 radical (unpaired) electrons. The summed E-state index contributed by atoms with van der Waals surface area (Å²) in [6.45, 7) is 0. The molecular weight excluding hydrogens is 270 g/mol. The van der Waals surface area contributed by atoms with Crippen LogP contribution in [0.25, 0.3) is 0 Å². The molecule has 0 spiro atoms. The molecular formula is C12H12ClF4N. The molecule has 0 aliphatic heterocycles. The summed E-state index contributed by atoms with van der Waals surface area (Å²) >= 11 is 5.55. The number of hydrogen-bond acceptors (Lipinski definition) is 1. The molecule has 1 aliphatic carbocycles. The first-order valence-corrected chi connectivity index (χ1v) is 6.01. The van der Waals surface area contributed by atoms with Gasteiger partial charge in [-0.3, -0.25) is 0 Å². The molecule has 1 nitrogen and oxygen atoms in total. The summed E-state index contributed by atoms with van der Waals surface area (Å²) in [4.78, 5) is 0. The van der Waals surface area contributed by atoms with Crippen molar-refractivity contribution in [1.29, 1.82) is 0 Å². The molecule has 6 heteroatoms. The van der Waals surface area contributed by atoms with Crippen LogP contribution in [0.1, 0.15) is 36.4 Å². The molecule has 1 aromatic rings. The van der Waals surface area contributed by atoms with Gasteiger partial charge in [0.15, 0.2) is 0 Å². The standard InChI is InChI=1S/C12H12ClF4N/c13-8-5-4-7(12(15,16)17)9(10(8)14)11(18)6-2-1-3-6/h4-6,11H,1-3,18H2/t11-/m0/s1. The summed E-state index contributed by atoms with van der Waals surface area (Å²) in [5.41, 5.74) is 4.24. The van der Waals surface area contributed by atoms with Gasteiger partial charge in [0.25, 0.3) is 0 Å². The van der Waals surface area contributed by atoms with Crippen molar-refractivity contribution in [1.82, 2.24) is 0 Å². The predicted octanol–water partition coefficient (Wildman–Crippen LogP) is 4.30. The zero-order valence-corrected chi connectivity index (χ0v) is 10.2. The third-order valence-corrected chi connectivity index (χ3v) is 3.72. The fourth-order valence-electron chi connectivity index (χ4n) is 2.17. The lowest BCUT2D eigenvalue weighted by Crippen LogP contribution is -2.30. The van der Waals surface area contributed by atoms with Gasteiger partial charge in [0.1, 0.15) is 5.82 Å². The lowest BCUT2D eigenvalue weighted by molar-refractivity contribution is -0.138. The molecule has 18 heavy (non-hydrogen) atoms. The van der Waals surface area contributed by atoms with Crippen LogP contribution in [0, 0.1) is 11.7 Å². The Morgan fingerprint density at radius 1 is 1.28 bits per heavy atom. The molecule has 100 valence electrons. The van der Waals surface area contributed by atoms with Crippen LogP contribution in [0.3, 0.4) is 0 Å². The van der Waals surface area contributed by atoms with E-state index < -0.39 is 29.2 Å². The Hall–Kier alpha value is -0.810. The summed E-state index contributed by atoms with van der Waals surface area (Å²) in [6, 6.07) is 0.754. The van der Waals surface area contributed by atoms with Crippen LogP contribution in [-0.2, 0) is 6.18 Å². The van der Waals surface area contributed by atoms with Crippen molar-refractivity contribution >= 4 is 11.6 Å². The van der Waals surface area contributed by atoms with Crippen molar-refractivity contribution < 1.29 is 17.6 Å². The Morgan fingerprint density at radius 3 is 2.33 bits per heavy atom. The first-order chi connectivity index (χ1) is 8.32. The van der Waals surface area contributed by atoms with Crippen molar-refractivity contribution in [3.05, 3.63) is 34.1 Å². The molecule has 2 rings (SSSR count). The number of alkyl halides is 3. The van der Waals surface area contributed by atoms with Crippen molar-refractivity contribution in [2.75, 3.05) is 0 Å². The minimum absolute atomic E-state index is 0.0981. The van der Waals surface area contributed by atoms with Gasteiger partial charge < -0.3 is 5.73 Å². The molecule has 0 unspecified atom stereocenters. The highest BCUT2D eigenvalue weighted by Crippen LogP contribution is 2.43. The van der Waals surface area contributed by atoms with E-state index in [-0.39, 0.29) is 10.9 Å². The van der Waals surface area contributed by atoms with Crippen molar-refractivity contribution in [2.45, 2.75) is 31.5 Å². The lowest BCUT2D eigenvalue weighted by atomic mass is 9.76. The molecule has 0 saturated heterocycles. The van der Waals surface area contributed by atoms with E-state index in [1.807, 2.05) is 0 Å². The fraction of sp³-hybridized carbons (Fsp3) is 0.500. The topological polar surface area (TPSA) is 26.0 Å². The molecule has 0 aromatic heterocycles. The normalized spacial score (nSPS) is 18.6. The number of benzene rings is 1. The number of hydrogen-bond donors (Lipinski definition) is 1. The van der Waals surface area contributed by atoms with Gasteiger partial charge in [-0.1, -0.05) is 18.0 Å². The van der Waals surface area contributed by atoms with Crippen molar-refractivity contribution in [3.8, 4) is 0 Å². The number of rotatable bonds is 2. The lowest BCUT2D eigenvalue weighted by Gasteiger charge is -2.33. The van der Waals surface area contributed by atoms with E-state index in [0.717, 1.165) is 31.4 Å². The maximum absolute atomic E-state index is 13.9. The molecule has 2 N–H and O–H groups in total. The summed E-state index contributed by atoms with van der Waals surface area (Å²) < 4.78 is 52.4. The van der Waals surface area contributed by atoms with Gasteiger partial charge in [-0.25, -0.2) is 4.39 Å². The van der Waals surface area contributed by atoms with Crippen molar-refractivity contribution in [2.24, 2.45) is 11.7 Å². The minimum atomic E-state index is -4.62. The van der Waals surface area contributed by atoms with Gasteiger partial charge in [-0.2, -0.15) is 13.2 Å². The first kappa shape index (κ1) is 13.6. The molecule has 1 aliphatic rings. The van der Waals surface area contributed by atoms with Crippen LogP contribution in [0.2, 0.25) is 5.02 Å². The average Bonchev–Trinajstić information content (AvgIpc) is 2.17. The molecule has 0 bridgehead atoms. The monoisotopic (exact) mass is 281 g/mol. The quantitative estimate of drug-likeness (QED) is 0.804. The van der Waals surface area contributed by atoms with Gasteiger partial charge in [0.05, 0.1) is 10.6 Å². The first-order valence-electron chi connectivity index (χ1n) is 5.63. The number of halogens is 5. The Kier molecular flexibility index (Phi) is 3.56. The molecule has 1 saturated carbocycles. The second-order valence-corrected chi connectivity index (χ2v) is 4.94. The summed E-state index contributed by atoms with van der Waals surface area (Å²) in [6.07, 6.45) is -2.25. The minimum Gasteiger partial charge on any atom is -0.324 e. The molecule has 1 aromatic carbocycles. The van der Waals surface area contributed by atoms with Crippen LogP contribution >= 0.6 is 11.6 Å². The molecule has 0 amide bonds. The summed E-state index contributed by atoms with van der Waals surface area (Å²) in [5.74, 6) is -1.15. The Labute approximate surface area is 107 Å². The van der Waals surface area contributed by atoms with Crippen LogP contribution in [-0.4, -0.2) is 0 Å². The fourth-order valence-corrected chi connectivity index (χ4v) is 2.34. The maximum Gasteiger partial charge on any atom is 0.416 e. The highest BCUT2D eigenvalue weighted by atomic mass is 35.5. The van der Waals surface area contributed by atoms with Gasteiger partial charge in [-0.05, 0) is 30.9 Å². The van der Waals surface area contributed by atoms with E-state index in [2.05, 4.69) is 0 Å². The Balaban J connectivity index is 2.50. The van der Waals surface area contributed by atoms with E-state index in [1.165, 1.54) is 0 Å². The van der Waals surface area contributed by atoms with Crippen LogP contribution in [0.5, 0.6) is 0 Å². The van der Waals surface area contributed by atoms with Crippen LogP contribution in [0.4, 0.5) is 17.6 Å². The third kappa shape index (κ3) is 2.34. The molecule has 0 heterocycles. The summed E-state index contributed by atoms with van der Waals surface area (Å²) in [5, 5.41) is -0.326. The molecule has 1 fully saturated rings. The summed E-state index contributed by atoms with van der Waals surface area (Å²) in [7, 11) is 0. The second-order valence-electron chi connectivity index (χ2n) is 4.54. The highest BCUT2D eigenvalue weighted by Gasteiger charge is 2.39. The average molecular weight is 282 g/mol. The van der Waals surface area contributed by atoms with Gasteiger partial charge >= 0.3 is 6.18 Å². The van der Waals surface area contributed by atoms with Gasteiger partial charge in [0, 0.05) is 11.6 Å². The third-order valence-electron chi connectivity index (χ3n) is 3.43. The SMILES string of the molecule is N[C@H](c1c(C(F)(F)F)ccc(Cl)c1F)C1CCC1. The van der Waals surface area contributed by atoms with Crippen molar-refractivity contribution in [3.63, 3.8) is 0 Å². The largest absolute Gasteiger partial charge is 0.416 e. The van der Waals surface area contributed by atoms with E-state index in [0.29, 0.717) is 0 Å². The zero-order valence-electron chi connectivity index (χ0n) is 9.40. The Morgan fingerprint density at radius 2 is 1.89 bits per heavy atom. The zero-order chi connectivity index (χ0) is 13.5. The van der Waals surface area contributed by atoms with Crippen LogP contribution in [0.15, 0.2) is 12.1 Å². The smallest absolute Gasteiger partial charge is 0.324 e. The van der Waals surface area contributed by atoms with E-state index in [9.17, 15) is 17.6 Å². The van der Waals surface area contributed by atoms with E-state index >= 15 is 0 Å². The van der Waals surface area contributed by atoms with E-state index in [1.54, 1.807) is 0 Å². The molecule has 1 atom stereocenters. The van der Waals surface area contributed by atoms with Gasteiger partial charge in [0.2, 0.25) is 0 Å². The maximum atomic E-state index is 13.9. The second kappa shape index (κ2) is 4.70. The van der Waals surface area contributed by atoms with Gasteiger partial charge in [-0.15, -0.1) is 0 Å². The predicted molar refractivity (Wildman–Crippen MR) is 60.7 cm³/mol. The van der Waals surface area contributed by atoms with Crippen LogP contribution < -0.4 is 5.73 Å². The number of nitrogens with two attached hydrogens (primary N) is 1. The van der Waals surface area contributed by atoms with E-state index in [4.69, 9.17) is 17.3 Å². The Bertz CT molecular complexity index is 454. The highest BCUT2D eigenvalue weighted by molar-refractivity contribution is 6.30.